The number of hydrogen-bond donors (Lipinski definition) is 1. The Morgan fingerprint density at radius 2 is 2.00 bits per heavy atom. The molecule has 0 spiro atoms. The van der Waals surface area contributed by atoms with E-state index in [-0.39, 0.29) is 5.41 Å². The van der Waals surface area contributed by atoms with Crippen molar-refractivity contribution in [1.29, 1.82) is 0 Å². The van der Waals surface area contributed by atoms with Gasteiger partial charge in [0.1, 0.15) is 0 Å². The Kier molecular flexibility index (Phi) is 5.80. The molecule has 1 atom stereocenters. The number of nitrogens with one attached hydrogen (secondary N) is 1. The van der Waals surface area contributed by atoms with E-state index >= 15 is 0 Å². The van der Waals surface area contributed by atoms with Gasteiger partial charge >= 0.3 is 0 Å². The lowest BCUT2D eigenvalue weighted by molar-refractivity contribution is -0.133. The average molecular weight is 385 g/mol. The number of hydrogen-bond acceptors (Lipinski definition) is 3. The van der Waals surface area contributed by atoms with Crippen molar-refractivity contribution in [1.82, 2.24) is 10.2 Å². The molecule has 0 aliphatic carbocycles. The topological polar surface area (TPSA) is 41.6 Å². The third kappa shape index (κ3) is 4.28. The highest BCUT2D eigenvalue weighted by Gasteiger charge is 2.30. The SMILES string of the molecule is CC(C)(C)c1cc2c(c([C@@H]3CCCN3)c1)CCN(C(=O)CC1CCOCC1)C2. The van der Waals surface area contributed by atoms with E-state index in [1.165, 1.54) is 35.1 Å². The van der Waals surface area contributed by atoms with Crippen LogP contribution >= 0.6 is 0 Å². The lowest BCUT2D eigenvalue weighted by Crippen LogP contribution is -2.38. The molecular formula is C24H36N2O2. The van der Waals surface area contributed by atoms with Gasteiger partial charge in [-0.05, 0) is 72.2 Å². The molecule has 4 nitrogen and oxygen atoms in total. The second-order valence-corrected chi connectivity index (χ2v) is 9.93. The van der Waals surface area contributed by atoms with Crippen molar-refractivity contribution in [2.24, 2.45) is 5.92 Å². The van der Waals surface area contributed by atoms with Crippen LogP contribution in [0.2, 0.25) is 0 Å². The van der Waals surface area contributed by atoms with E-state index in [1.54, 1.807) is 0 Å². The summed E-state index contributed by atoms with van der Waals surface area (Å²) in [4.78, 5) is 15.1. The van der Waals surface area contributed by atoms with Gasteiger partial charge in [0, 0.05) is 38.8 Å². The maximum absolute atomic E-state index is 13.0. The molecule has 0 saturated carbocycles. The predicted molar refractivity (Wildman–Crippen MR) is 112 cm³/mol. The zero-order valence-electron chi connectivity index (χ0n) is 17.9. The van der Waals surface area contributed by atoms with Gasteiger partial charge < -0.3 is 15.0 Å². The van der Waals surface area contributed by atoms with Crippen LogP contribution in [-0.2, 0) is 27.9 Å². The van der Waals surface area contributed by atoms with Gasteiger partial charge in [0.2, 0.25) is 5.91 Å². The van der Waals surface area contributed by atoms with Crippen LogP contribution in [0.1, 0.15) is 81.2 Å². The molecule has 0 bridgehead atoms. The van der Waals surface area contributed by atoms with Gasteiger partial charge in [-0.15, -0.1) is 0 Å². The molecule has 28 heavy (non-hydrogen) atoms. The van der Waals surface area contributed by atoms with Crippen molar-refractivity contribution in [3.05, 3.63) is 34.4 Å². The summed E-state index contributed by atoms with van der Waals surface area (Å²) in [6.07, 6.45) is 6.23. The van der Waals surface area contributed by atoms with E-state index in [9.17, 15) is 4.79 Å². The third-order valence-electron chi connectivity index (χ3n) is 6.83. The van der Waals surface area contributed by atoms with Crippen molar-refractivity contribution in [3.63, 3.8) is 0 Å². The molecule has 154 valence electrons. The Labute approximate surface area is 170 Å². The monoisotopic (exact) mass is 384 g/mol. The number of benzene rings is 1. The molecule has 1 N–H and O–H groups in total. The fourth-order valence-corrected chi connectivity index (χ4v) is 4.97. The Morgan fingerprint density at radius 1 is 1.21 bits per heavy atom. The first-order valence-corrected chi connectivity index (χ1v) is 11.2. The van der Waals surface area contributed by atoms with E-state index in [1.807, 2.05) is 0 Å². The Balaban J connectivity index is 1.56. The van der Waals surface area contributed by atoms with Crippen molar-refractivity contribution in [3.8, 4) is 0 Å². The molecular weight excluding hydrogens is 348 g/mol. The summed E-state index contributed by atoms with van der Waals surface area (Å²) in [5.41, 5.74) is 5.90. The number of ether oxygens (including phenoxy) is 1. The smallest absolute Gasteiger partial charge is 0.223 e. The fourth-order valence-electron chi connectivity index (χ4n) is 4.97. The standard InChI is InChI=1S/C24H36N2O2/c1-24(2,3)19-14-18-16-26(23(27)13-17-7-11-28-12-8-17)10-6-20(18)21(15-19)22-5-4-9-25-22/h14-15,17,22,25H,4-13,16H2,1-3H3/t22-/m0/s1. The summed E-state index contributed by atoms with van der Waals surface area (Å²) >= 11 is 0. The number of carbonyl (C=O) groups excluding carboxylic acids is 1. The van der Waals surface area contributed by atoms with Gasteiger partial charge in [0.15, 0.2) is 0 Å². The molecule has 0 radical (unpaired) electrons. The summed E-state index contributed by atoms with van der Waals surface area (Å²) < 4.78 is 5.45. The van der Waals surface area contributed by atoms with Crippen LogP contribution < -0.4 is 5.32 Å². The molecule has 2 saturated heterocycles. The molecule has 0 unspecified atom stereocenters. The molecule has 3 heterocycles. The highest BCUT2D eigenvalue weighted by Crippen LogP contribution is 2.36. The summed E-state index contributed by atoms with van der Waals surface area (Å²) in [6.45, 7) is 11.3. The summed E-state index contributed by atoms with van der Waals surface area (Å²) in [6, 6.07) is 5.31. The normalized spacial score (nSPS) is 23.7. The number of fused-ring (bicyclic) bond motifs is 1. The first-order valence-electron chi connectivity index (χ1n) is 11.2. The Hall–Kier alpha value is -1.39. The average Bonchev–Trinajstić information content (AvgIpc) is 3.21. The van der Waals surface area contributed by atoms with Crippen molar-refractivity contribution < 1.29 is 9.53 Å². The number of amides is 1. The van der Waals surface area contributed by atoms with E-state index in [0.29, 0.717) is 24.3 Å². The van der Waals surface area contributed by atoms with Gasteiger partial charge in [0.05, 0.1) is 0 Å². The second-order valence-electron chi connectivity index (χ2n) is 9.93. The van der Waals surface area contributed by atoms with E-state index in [4.69, 9.17) is 4.74 Å². The minimum Gasteiger partial charge on any atom is -0.381 e. The van der Waals surface area contributed by atoms with Crippen LogP contribution in [0.4, 0.5) is 0 Å². The highest BCUT2D eigenvalue weighted by atomic mass is 16.5. The van der Waals surface area contributed by atoms with Gasteiger partial charge in [0.25, 0.3) is 0 Å². The van der Waals surface area contributed by atoms with Gasteiger partial charge in [-0.3, -0.25) is 4.79 Å². The molecule has 1 amide bonds. The largest absolute Gasteiger partial charge is 0.381 e. The van der Waals surface area contributed by atoms with Crippen LogP contribution in [0.15, 0.2) is 12.1 Å². The summed E-state index contributed by atoms with van der Waals surface area (Å²) in [7, 11) is 0. The highest BCUT2D eigenvalue weighted by molar-refractivity contribution is 5.77. The molecule has 4 rings (SSSR count). The number of carbonyl (C=O) groups is 1. The quantitative estimate of drug-likeness (QED) is 0.853. The first kappa shape index (κ1) is 19.9. The predicted octanol–water partition coefficient (Wildman–Crippen LogP) is 4.11. The minimum atomic E-state index is 0.122. The molecule has 4 heteroatoms. The van der Waals surface area contributed by atoms with Gasteiger partial charge in [-0.2, -0.15) is 0 Å². The zero-order chi connectivity index (χ0) is 19.7. The van der Waals surface area contributed by atoms with Crippen molar-refractivity contribution in [2.75, 3.05) is 26.3 Å². The lowest BCUT2D eigenvalue weighted by atomic mass is 9.80. The number of rotatable bonds is 3. The van der Waals surface area contributed by atoms with Crippen LogP contribution in [-0.4, -0.2) is 37.1 Å². The van der Waals surface area contributed by atoms with Crippen molar-refractivity contribution >= 4 is 5.91 Å². The van der Waals surface area contributed by atoms with Crippen LogP contribution in [0.5, 0.6) is 0 Å². The Morgan fingerprint density at radius 3 is 2.68 bits per heavy atom. The molecule has 1 aromatic rings. The zero-order valence-corrected chi connectivity index (χ0v) is 17.9. The Bertz CT molecular complexity index is 710. The summed E-state index contributed by atoms with van der Waals surface area (Å²) in [5, 5.41) is 3.70. The third-order valence-corrected chi connectivity index (χ3v) is 6.83. The van der Waals surface area contributed by atoms with Crippen molar-refractivity contribution in [2.45, 2.75) is 77.3 Å². The van der Waals surface area contributed by atoms with E-state index < -0.39 is 0 Å². The van der Waals surface area contributed by atoms with Crippen LogP contribution in [0.25, 0.3) is 0 Å². The summed E-state index contributed by atoms with van der Waals surface area (Å²) in [5.74, 6) is 0.834. The van der Waals surface area contributed by atoms with Crippen LogP contribution in [0.3, 0.4) is 0 Å². The fraction of sp³-hybridized carbons (Fsp3) is 0.708. The second kappa shape index (κ2) is 8.16. The minimum absolute atomic E-state index is 0.122. The molecule has 1 aromatic carbocycles. The van der Waals surface area contributed by atoms with E-state index in [0.717, 1.165) is 52.1 Å². The van der Waals surface area contributed by atoms with Crippen LogP contribution in [0, 0.1) is 5.92 Å². The maximum Gasteiger partial charge on any atom is 0.223 e. The molecule has 3 aliphatic heterocycles. The molecule has 0 aromatic heterocycles. The molecule has 3 aliphatic rings. The first-order chi connectivity index (χ1) is 13.4. The lowest BCUT2D eigenvalue weighted by Gasteiger charge is -2.34. The maximum atomic E-state index is 13.0. The van der Waals surface area contributed by atoms with Gasteiger partial charge in [-0.1, -0.05) is 32.9 Å². The molecule has 2 fully saturated rings. The van der Waals surface area contributed by atoms with Gasteiger partial charge in [-0.25, -0.2) is 0 Å². The number of nitrogens with zero attached hydrogens (tertiary/aromatic N) is 1. The van der Waals surface area contributed by atoms with E-state index in [2.05, 4.69) is 43.1 Å².